The van der Waals surface area contributed by atoms with Gasteiger partial charge in [-0.05, 0) is 32.6 Å². The lowest BCUT2D eigenvalue weighted by Gasteiger charge is -2.31. The second-order valence-electron chi connectivity index (χ2n) is 4.44. The molecule has 0 amide bonds. The van der Waals surface area contributed by atoms with Crippen LogP contribution in [-0.2, 0) is 19.4 Å². The van der Waals surface area contributed by atoms with Crippen molar-refractivity contribution in [2.75, 3.05) is 12.9 Å². The van der Waals surface area contributed by atoms with Gasteiger partial charge in [0.2, 0.25) is 0 Å². The lowest BCUT2D eigenvalue weighted by atomic mass is 9.75. The number of ether oxygens (including phenoxy) is 1. The monoisotopic (exact) mass is 259 g/mol. The molecule has 1 aliphatic carbocycles. The van der Waals surface area contributed by atoms with Crippen LogP contribution in [0.15, 0.2) is 0 Å². The van der Waals surface area contributed by atoms with E-state index in [9.17, 15) is 13.2 Å². The maximum Gasteiger partial charge on any atom is 0.326 e. The van der Waals surface area contributed by atoms with E-state index in [4.69, 9.17) is 10.00 Å². The van der Waals surface area contributed by atoms with E-state index in [0.29, 0.717) is 12.8 Å². The molecular weight excluding hydrogens is 242 g/mol. The Kier molecular flexibility index (Phi) is 4.15. The normalized spacial score (nSPS) is 29.4. The van der Waals surface area contributed by atoms with Crippen molar-refractivity contribution in [2.24, 2.45) is 5.41 Å². The highest BCUT2D eigenvalue weighted by Crippen LogP contribution is 2.39. The van der Waals surface area contributed by atoms with Crippen molar-refractivity contribution < 1.29 is 17.9 Å². The van der Waals surface area contributed by atoms with E-state index < -0.39 is 26.5 Å². The van der Waals surface area contributed by atoms with Gasteiger partial charge in [-0.15, -0.1) is 0 Å². The largest absolute Gasteiger partial charge is 0.465 e. The molecule has 1 saturated carbocycles. The maximum atomic E-state index is 11.7. The molecule has 0 aromatic heterocycles. The summed E-state index contributed by atoms with van der Waals surface area (Å²) in [5.41, 5.74) is -1.14. The third-order valence-corrected chi connectivity index (χ3v) is 4.95. The minimum Gasteiger partial charge on any atom is -0.465 e. The van der Waals surface area contributed by atoms with Crippen molar-refractivity contribution in [1.29, 1.82) is 5.26 Å². The Morgan fingerprint density at radius 2 is 2.00 bits per heavy atom. The summed E-state index contributed by atoms with van der Waals surface area (Å²) in [5, 5.41) is 8.70. The molecular formula is C11H17NO4S. The summed E-state index contributed by atoms with van der Waals surface area (Å²) in [7, 11) is -3.08. The van der Waals surface area contributed by atoms with Crippen molar-refractivity contribution in [3.63, 3.8) is 0 Å². The van der Waals surface area contributed by atoms with Gasteiger partial charge < -0.3 is 4.74 Å². The summed E-state index contributed by atoms with van der Waals surface area (Å²) in [6.45, 7) is 1.92. The zero-order valence-electron chi connectivity index (χ0n) is 10.1. The van der Waals surface area contributed by atoms with Crippen LogP contribution in [0.5, 0.6) is 0 Å². The van der Waals surface area contributed by atoms with Gasteiger partial charge in [0.1, 0.15) is 9.84 Å². The molecule has 0 atom stereocenters. The van der Waals surface area contributed by atoms with Gasteiger partial charge in [0.05, 0.1) is 17.9 Å². The molecule has 0 aromatic rings. The fraction of sp³-hybridized carbons (Fsp3) is 0.818. The van der Waals surface area contributed by atoms with E-state index in [1.54, 1.807) is 6.92 Å². The molecule has 0 bridgehead atoms. The van der Waals surface area contributed by atoms with E-state index in [1.165, 1.54) is 6.26 Å². The Hall–Kier alpha value is -1.09. The van der Waals surface area contributed by atoms with Crippen molar-refractivity contribution >= 4 is 15.8 Å². The van der Waals surface area contributed by atoms with E-state index in [1.807, 2.05) is 6.07 Å². The molecule has 0 unspecified atom stereocenters. The summed E-state index contributed by atoms with van der Waals surface area (Å²) in [5.74, 6) is -0.519. The average molecular weight is 259 g/mol. The van der Waals surface area contributed by atoms with Crippen LogP contribution in [0.25, 0.3) is 0 Å². The Labute approximate surface area is 102 Å². The first kappa shape index (κ1) is 14.0. The molecule has 6 heteroatoms. The molecule has 0 N–H and O–H groups in total. The molecule has 1 fully saturated rings. The van der Waals surface area contributed by atoms with Crippen LogP contribution in [0.2, 0.25) is 0 Å². The highest BCUT2D eigenvalue weighted by atomic mass is 32.2. The smallest absolute Gasteiger partial charge is 0.326 e. The number of nitriles is 1. The van der Waals surface area contributed by atoms with Gasteiger partial charge in [-0.25, -0.2) is 8.42 Å². The quantitative estimate of drug-likeness (QED) is 0.707. The highest BCUT2D eigenvalue weighted by molar-refractivity contribution is 7.91. The highest BCUT2D eigenvalue weighted by Gasteiger charge is 2.45. The molecule has 0 aliphatic heterocycles. The van der Waals surface area contributed by atoms with Crippen LogP contribution in [-0.4, -0.2) is 32.5 Å². The molecule has 0 saturated heterocycles. The average Bonchev–Trinajstić information content (AvgIpc) is 2.28. The molecule has 0 spiro atoms. The predicted molar refractivity (Wildman–Crippen MR) is 61.8 cm³/mol. The van der Waals surface area contributed by atoms with Crippen LogP contribution in [0, 0.1) is 16.7 Å². The zero-order valence-corrected chi connectivity index (χ0v) is 10.9. The molecule has 0 heterocycles. The fourth-order valence-corrected chi connectivity index (χ4v) is 3.24. The third-order valence-electron chi connectivity index (χ3n) is 3.27. The first-order valence-electron chi connectivity index (χ1n) is 5.63. The van der Waals surface area contributed by atoms with Crippen molar-refractivity contribution in [3.05, 3.63) is 0 Å². The Morgan fingerprint density at radius 3 is 2.35 bits per heavy atom. The molecule has 1 aliphatic rings. The number of hydrogen-bond acceptors (Lipinski definition) is 5. The summed E-state index contributed by atoms with van der Waals surface area (Å²) in [6, 6.07) is 2.00. The van der Waals surface area contributed by atoms with Crippen molar-refractivity contribution in [1.82, 2.24) is 0 Å². The van der Waals surface area contributed by atoms with E-state index in [2.05, 4.69) is 0 Å². The second-order valence-corrected chi connectivity index (χ2v) is 6.77. The lowest BCUT2D eigenvalue weighted by Crippen LogP contribution is -2.39. The number of hydrogen-bond donors (Lipinski definition) is 0. The Bertz CT molecular complexity index is 427. The van der Waals surface area contributed by atoms with Gasteiger partial charge in [0.25, 0.3) is 0 Å². The van der Waals surface area contributed by atoms with Crippen molar-refractivity contribution in [2.45, 2.75) is 37.9 Å². The molecule has 17 heavy (non-hydrogen) atoms. The van der Waals surface area contributed by atoms with Crippen LogP contribution in [0.1, 0.15) is 32.6 Å². The van der Waals surface area contributed by atoms with Crippen LogP contribution >= 0.6 is 0 Å². The molecule has 0 radical (unpaired) electrons. The fourth-order valence-electron chi connectivity index (χ4n) is 2.14. The number of carbonyl (C=O) groups excluding carboxylic acids is 1. The first-order valence-corrected chi connectivity index (χ1v) is 7.58. The van der Waals surface area contributed by atoms with E-state index in [0.717, 1.165) is 0 Å². The number of carbonyl (C=O) groups is 1. The summed E-state index contributed by atoms with van der Waals surface area (Å²) >= 11 is 0. The summed E-state index contributed by atoms with van der Waals surface area (Å²) in [6.07, 6.45) is 2.43. The van der Waals surface area contributed by atoms with Gasteiger partial charge >= 0.3 is 5.97 Å². The van der Waals surface area contributed by atoms with Gasteiger partial charge in [-0.1, -0.05) is 0 Å². The Morgan fingerprint density at radius 1 is 1.47 bits per heavy atom. The number of nitrogens with zero attached hydrogens (tertiary/aromatic N) is 1. The van der Waals surface area contributed by atoms with Crippen LogP contribution in [0.3, 0.4) is 0 Å². The Balaban J connectivity index is 2.78. The van der Waals surface area contributed by atoms with Crippen molar-refractivity contribution in [3.8, 4) is 6.07 Å². The SMILES string of the molecule is CCOC(=O)[C@]1(C#N)CC[C@@H](S(C)(=O)=O)CC1. The van der Waals surface area contributed by atoms with Gasteiger partial charge in [0.15, 0.2) is 5.41 Å². The van der Waals surface area contributed by atoms with Crippen LogP contribution < -0.4 is 0 Å². The van der Waals surface area contributed by atoms with Crippen LogP contribution in [0.4, 0.5) is 0 Å². The first-order chi connectivity index (χ1) is 7.85. The zero-order chi connectivity index (χ0) is 13.1. The molecule has 5 nitrogen and oxygen atoms in total. The number of sulfone groups is 1. The molecule has 0 aromatic carbocycles. The second kappa shape index (κ2) is 5.05. The van der Waals surface area contributed by atoms with E-state index >= 15 is 0 Å². The van der Waals surface area contributed by atoms with Gasteiger partial charge in [-0.3, -0.25) is 4.79 Å². The van der Waals surface area contributed by atoms with Gasteiger partial charge in [0, 0.05) is 6.26 Å². The maximum absolute atomic E-state index is 11.7. The standard InChI is InChI=1S/C11H17NO4S/c1-3-16-10(13)11(8-12)6-4-9(5-7-11)17(2,14)15/h9H,3-7H2,1-2H3/t9-,11-. The van der Waals surface area contributed by atoms with Gasteiger partial charge in [-0.2, -0.15) is 5.26 Å². The third kappa shape index (κ3) is 2.97. The summed E-state index contributed by atoms with van der Waals surface area (Å²) in [4.78, 5) is 11.7. The number of esters is 1. The minimum atomic E-state index is -3.08. The van der Waals surface area contributed by atoms with E-state index in [-0.39, 0.29) is 19.4 Å². The lowest BCUT2D eigenvalue weighted by molar-refractivity contribution is -0.153. The number of rotatable bonds is 3. The minimum absolute atomic E-state index is 0.234. The molecule has 1 rings (SSSR count). The summed E-state index contributed by atoms with van der Waals surface area (Å²) < 4.78 is 27.6. The molecule has 96 valence electrons. The topological polar surface area (TPSA) is 84.2 Å². The predicted octanol–water partition coefficient (Wildman–Crippen LogP) is 1.05.